The van der Waals surface area contributed by atoms with Gasteiger partial charge in [-0.25, -0.2) is 13.6 Å². The lowest BCUT2D eigenvalue weighted by atomic mass is 10.1. The minimum Gasteiger partial charge on any atom is -0.454 e. The van der Waals surface area contributed by atoms with Gasteiger partial charge in [0.2, 0.25) is 5.78 Å². The second kappa shape index (κ2) is 7.16. The van der Waals surface area contributed by atoms with Crippen LogP contribution in [0.15, 0.2) is 24.3 Å². The number of aryl methyl sites for hydroxylation is 2. The van der Waals surface area contributed by atoms with E-state index < -0.39 is 35.6 Å². The second-order valence-corrected chi connectivity index (χ2v) is 5.20. The van der Waals surface area contributed by atoms with Gasteiger partial charge in [0.1, 0.15) is 11.6 Å². The quantitative estimate of drug-likeness (QED) is 0.479. The molecule has 0 fully saturated rings. The summed E-state index contributed by atoms with van der Waals surface area (Å²) in [7, 11) is 1.78. The number of Topliss-reactive ketones (excluding diaryl/α,β-unsaturated/α-hetero) is 1. The van der Waals surface area contributed by atoms with E-state index in [0.29, 0.717) is 0 Å². The Balaban J connectivity index is 1.99. The largest absolute Gasteiger partial charge is 0.454 e. The van der Waals surface area contributed by atoms with Crippen LogP contribution in [0.1, 0.15) is 27.3 Å². The van der Waals surface area contributed by atoms with E-state index in [1.165, 1.54) is 6.08 Å². The summed E-state index contributed by atoms with van der Waals surface area (Å²) in [5.41, 5.74) is 1.94. The maximum Gasteiger partial charge on any atom is 0.331 e. The van der Waals surface area contributed by atoms with E-state index >= 15 is 0 Å². The van der Waals surface area contributed by atoms with Crippen molar-refractivity contribution in [3.8, 4) is 0 Å². The number of hydrogen-bond donors (Lipinski definition) is 0. The summed E-state index contributed by atoms with van der Waals surface area (Å²) in [5.74, 6) is -3.19. The zero-order chi connectivity index (χ0) is 17.9. The van der Waals surface area contributed by atoms with Crippen LogP contribution in [-0.2, 0) is 16.6 Å². The number of rotatable bonds is 5. The summed E-state index contributed by atoms with van der Waals surface area (Å²) in [6.07, 6.45) is 2.69. The van der Waals surface area contributed by atoms with Crippen molar-refractivity contribution in [3.63, 3.8) is 0 Å². The molecular weight excluding hydrogens is 318 g/mol. The first kappa shape index (κ1) is 17.5. The molecule has 0 spiro atoms. The monoisotopic (exact) mass is 334 g/mol. The van der Waals surface area contributed by atoms with Crippen LogP contribution in [0.3, 0.4) is 0 Å². The Morgan fingerprint density at radius 1 is 1.29 bits per heavy atom. The van der Waals surface area contributed by atoms with Gasteiger partial charge in [-0.05, 0) is 38.1 Å². The molecule has 24 heavy (non-hydrogen) atoms. The Kier molecular flexibility index (Phi) is 5.23. The zero-order valence-corrected chi connectivity index (χ0v) is 13.5. The van der Waals surface area contributed by atoms with Crippen LogP contribution in [0, 0.1) is 25.5 Å². The molecule has 2 aromatic rings. The highest BCUT2D eigenvalue weighted by Crippen LogP contribution is 2.14. The number of halogens is 2. The zero-order valence-electron chi connectivity index (χ0n) is 13.5. The van der Waals surface area contributed by atoms with E-state index in [4.69, 9.17) is 4.74 Å². The third-order valence-electron chi connectivity index (χ3n) is 3.53. The SMILES string of the molecule is Cc1nn(C)c(C)c1/C=C/C(=O)OCC(=O)c1cc(F)ccc1F. The van der Waals surface area contributed by atoms with Gasteiger partial charge in [-0.2, -0.15) is 5.10 Å². The van der Waals surface area contributed by atoms with Crippen molar-refractivity contribution in [2.75, 3.05) is 6.61 Å². The Labute approximate surface area is 137 Å². The molecule has 126 valence electrons. The van der Waals surface area contributed by atoms with Gasteiger partial charge in [0.05, 0.1) is 11.3 Å². The molecule has 0 unspecified atom stereocenters. The first-order valence-electron chi connectivity index (χ1n) is 7.13. The number of carbonyl (C=O) groups is 2. The Hall–Kier alpha value is -2.83. The van der Waals surface area contributed by atoms with E-state index in [9.17, 15) is 18.4 Å². The van der Waals surface area contributed by atoms with Crippen LogP contribution in [0.4, 0.5) is 8.78 Å². The van der Waals surface area contributed by atoms with Crippen LogP contribution in [0.25, 0.3) is 6.08 Å². The highest BCUT2D eigenvalue weighted by molar-refractivity contribution is 5.99. The Morgan fingerprint density at radius 3 is 2.62 bits per heavy atom. The lowest BCUT2D eigenvalue weighted by Crippen LogP contribution is -2.14. The van der Waals surface area contributed by atoms with Gasteiger partial charge in [-0.1, -0.05) is 0 Å². The van der Waals surface area contributed by atoms with Crippen molar-refractivity contribution in [3.05, 3.63) is 58.4 Å². The molecule has 1 aromatic carbocycles. The average Bonchev–Trinajstić information content (AvgIpc) is 2.78. The van der Waals surface area contributed by atoms with Crippen LogP contribution < -0.4 is 0 Å². The van der Waals surface area contributed by atoms with Gasteiger partial charge in [0.25, 0.3) is 0 Å². The first-order valence-corrected chi connectivity index (χ1v) is 7.13. The molecule has 0 saturated carbocycles. The van der Waals surface area contributed by atoms with Crippen LogP contribution >= 0.6 is 0 Å². The topological polar surface area (TPSA) is 61.2 Å². The molecular formula is C17H16F2N2O3. The number of carbonyl (C=O) groups excluding carboxylic acids is 2. The molecule has 5 nitrogen and oxygen atoms in total. The van der Waals surface area contributed by atoms with E-state index in [-0.39, 0.29) is 0 Å². The molecule has 0 aliphatic rings. The number of nitrogens with zero attached hydrogens (tertiary/aromatic N) is 2. The number of benzene rings is 1. The van der Waals surface area contributed by atoms with Gasteiger partial charge >= 0.3 is 5.97 Å². The summed E-state index contributed by atoms with van der Waals surface area (Å²) < 4.78 is 32.9. The fourth-order valence-electron chi connectivity index (χ4n) is 2.16. The molecule has 2 rings (SSSR count). The minimum absolute atomic E-state index is 0.453. The molecule has 0 N–H and O–H groups in total. The van der Waals surface area contributed by atoms with E-state index in [2.05, 4.69) is 5.10 Å². The standard InChI is InChI=1S/C17H16F2N2O3/c1-10-13(11(2)21(3)20-10)5-7-17(23)24-9-16(22)14-8-12(18)4-6-15(14)19/h4-8H,9H2,1-3H3/b7-5+. The molecule has 0 radical (unpaired) electrons. The molecule has 0 saturated heterocycles. The first-order chi connectivity index (χ1) is 11.3. The van der Waals surface area contributed by atoms with Crippen molar-refractivity contribution >= 4 is 17.8 Å². The molecule has 1 aromatic heterocycles. The fraction of sp³-hybridized carbons (Fsp3) is 0.235. The van der Waals surface area contributed by atoms with Gasteiger partial charge in [0, 0.05) is 24.4 Å². The Bertz CT molecular complexity index is 825. The van der Waals surface area contributed by atoms with Crippen molar-refractivity contribution in [2.24, 2.45) is 7.05 Å². The minimum atomic E-state index is -0.866. The predicted molar refractivity (Wildman–Crippen MR) is 83.4 cm³/mol. The van der Waals surface area contributed by atoms with Gasteiger partial charge in [-0.3, -0.25) is 9.48 Å². The number of esters is 1. The van der Waals surface area contributed by atoms with Crippen LogP contribution in [0.5, 0.6) is 0 Å². The van der Waals surface area contributed by atoms with E-state index in [1.807, 2.05) is 6.92 Å². The summed E-state index contributed by atoms with van der Waals surface area (Å²) in [6, 6.07) is 2.52. The number of hydrogen-bond acceptors (Lipinski definition) is 4. The second-order valence-electron chi connectivity index (χ2n) is 5.20. The normalized spacial score (nSPS) is 11.0. The highest BCUT2D eigenvalue weighted by Gasteiger charge is 2.14. The van der Waals surface area contributed by atoms with Crippen molar-refractivity contribution < 1.29 is 23.1 Å². The fourth-order valence-corrected chi connectivity index (χ4v) is 2.16. The van der Waals surface area contributed by atoms with Crippen LogP contribution in [-0.4, -0.2) is 28.1 Å². The van der Waals surface area contributed by atoms with Crippen LogP contribution in [0.2, 0.25) is 0 Å². The molecule has 7 heteroatoms. The summed E-state index contributed by atoms with van der Waals surface area (Å²) in [6.45, 7) is 2.98. The molecule has 0 aliphatic heterocycles. The lowest BCUT2D eigenvalue weighted by Gasteiger charge is -2.03. The number of aromatic nitrogens is 2. The van der Waals surface area contributed by atoms with Gasteiger partial charge in [-0.15, -0.1) is 0 Å². The smallest absolute Gasteiger partial charge is 0.331 e. The lowest BCUT2D eigenvalue weighted by molar-refractivity contribution is -0.136. The summed E-state index contributed by atoms with van der Waals surface area (Å²) >= 11 is 0. The van der Waals surface area contributed by atoms with Crippen molar-refractivity contribution in [2.45, 2.75) is 13.8 Å². The third kappa shape index (κ3) is 3.92. The molecule has 0 aliphatic carbocycles. The molecule has 0 amide bonds. The molecule has 0 atom stereocenters. The highest BCUT2D eigenvalue weighted by atomic mass is 19.1. The van der Waals surface area contributed by atoms with E-state index in [1.54, 1.807) is 18.7 Å². The predicted octanol–water partition coefficient (Wildman–Crippen LogP) is 2.75. The number of ketones is 1. The van der Waals surface area contributed by atoms with Gasteiger partial charge < -0.3 is 4.74 Å². The Morgan fingerprint density at radius 2 is 2.00 bits per heavy atom. The van der Waals surface area contributed by atoms with Gasteiger partial charge in [0.15, 0.2) is 6.61 Å². The summed E-state index contributed by atoms with van der Waals surface area (Å²) in [4.78, 5) is 23.5. The van der Waals surface area contributed by atoms with Crippen molar-refractivity contribution in [1.29, 1.82) is 0 Å². The van der Waals surface area contributed by atoms with E-state index in [0.717, 1.165) is 41.2 Å². The maximum atomic E-state index is 13.5. The third-order valence-corrected chi connectivity index (χ3v) is 3.53. The molecule has 1 heterocycles. The number of ether oxygens (including phenoxy) is 1. The average molecular weight is 334 g/mol. The van der Waals surface area contributed by atoms with Crippen molar-refractivity contribution in [1.82, 2.24) is 9.78 Å². The molecule has 0 bridgehead atoms. The maximum absolute atomic E-state index is 13.5. The summed E-state index contributed by atoms with van der Waals surface area (Å²) in [5, 5.41) is 4.20.